The van der Waals surface area contributed by atoms with Crippen LogP contribution in [-0.4, -0.2) is 17.1 Å². The van der Waals surface area contributed by atoms with Gasteiger partial charge in [-0.15, -0.1) is 0 Å². The summed E-state index contributed by atoms with van der Waals surface area (Å²) >= 11 is 0. The highest BCUT2D eigenvalue weighted by Gasteiger charge is 2.17. The molecule has 0 saturated carbocycles. The minimum Gasteiger partial charge on any atom is -0.490 e. The molecule has 4 N–H and O–H groups in total. The van der Waals surface area contributed by atoms with Gasteiger partial charge >= 0.3 is 0 Å². The Balaban J connectivity index is 2.28. The van der Waals surface area contributed by atoms with E-state index in [1.807, 2.05) is 26.8 Å². The zero-order valence-corrected chi connectivity index (χ0v) is 12.0. The number of furan rings is 1. The van der Waals surface area contributed by atoms with E-state index in [0.29, 0.717) is 17.4 Å². The standard InChI is InChI=1S/C13H19N5O2/c1-7-5-10(9(3)20-7)8(2)17-12-11(19-4)13(18-14)16-6-15-12/h5-6,8H,14H2,1-4H3,(H2,15,16,17,18). The fourth-order valence-corrected chi connectivity index (χ4v) is 2.14. The van der Waals surface area contributed by atoms with Crippen LogP contribution in [0.15, 0.2) is 16.8 Å². The van der Waals surface area contributed by atoms with Gasteiger partial charge in [-0.25, -0.2) is 15.8 Å². The van der Waals surface area contributed by atoms with Gasteiger partial charge < -0.3 is 19.9 Å². The third kappa shape index (κ3) is 2.67. The number of hydrogen-bond acceptors (Lipinski definition) is 7. The molecule has 2 rings (SSSR count). The van der Waals surface area contributed by atoms with Crippen LogP contribution in [0.4, 0.5) is 11.6 Å². The molecule has 0 amide bonds. The van der Waals surface area contributed by atoms with Crippen molar-refractivity contribution in [1.29, 1.82) is 0 Å². The van der Waals surface area contributed by atoms with Crippen molar-refractivity contribution in [2.45, 2.75) is 26.8 Å². The van der Waals surface area contributed by atoms with Crippen LogP contribution in [0, 0.1) is 13.8 Å². The Bertz CT molecular complexity index is 596. The van der Waals surface area contributed by atoms with E-state index < -0.39 is 0 Å². The maximum Gasteiger partial charge on any atom is 0.205 e. The SMILES string of the molecule is COc1c(NN)ncnc1NC(C)c1cc(C)oc1C. The van der Waals surface area contributed by atoms with E-state index in [1.54, 1.807) is 7.11 Å². The first-order valence-electron chi connectivity index (χ1n) is 6.25. The molecule has 2 aromatic rings. The smallest absolute Gasteiger partial charge is 0.205 e. The number of ether oxygens (including phenoxy) is 1. The molecular weight excluding hydrogens is 258 g/mol. The number of anilines is 2. The summed E-state index contributed by atoms with van der Waals surface area (Å²) in [5.74, 6) is 8.63. The molecule has 0 saturated heterocycles. The maximum atomic E-state index is 5.54. The molecule has 0 radical (unpaired) electrons. The van der Waals surface area contributed by atoms with E-state index in [-0.39, 0.29) is 6.04 Å². The van der Waals surface area contributed by atoms with Gasteiger partial charge in [0.1, 0.15) is 17.8 Å². The molecule has 1 atom stereocenters. The van der Waals surface area contributed by atoms with Crippen LogP contribution in [0.25, 0.3) is 0 Å². The number of aryl methyl sites for hydroxylation is 2. The predicted molar refractivity (Wildman–Crippen MR) is 76.6 cm³/mol. The Morgan fingerprint density at radius 3 is 2.55 bits per heavy atom. The van der Waals surface area contributed by atoms with Crippen LogP contribution < -0.4 is 21.3 Å². The topological polar surface area (TPSA) is 98.2 Å². The van der Waals surface area contributed by atoms with Gasteiger partial charge in [-0.1, -0.05) is 0 Å². The van der Waals surface area contributed by atoms with E-state index in [1.165, 1.54) is 6.33 Å². The van der Waals surface area contributed by atoms with E-state index in [4.69, 9.17) is 15.0 Å². The number of hydrazine groups is 1. The predicted octanol–water partition coefficient (Wildman–Crippen LogP) is 2.15. The molecule has 0 bridgehead atoms. The second kappa shape index (κ2) is 5.79. The Hall–Kier alpha value is -2.28. The number of hydrogen-bond donors (Lipinski definition) is 3. The zero-order chi connectivity index (χ0) is 14.7. The molecule has 0 spiro atoms. The van der Waals surface area contributed by atoms with Crippen molar-refractivity contribution in [2.75, 3.05) is 17.9 Å². The molecular formula is C13H19N5O2. The Kier molecular flexibility index (Phi) is 4.09. The monoisotopic (exact) mass is 277 g/mol. The van der Waals surface area contributed by atoms with Crippen LogP contribution in [0.2, 0.25) is 0 Å². The van der Waals surface area contributed by atoms with Gasteiger partial charge in [-0.05, 0) is 26.8 Å². The van der Waals surface area contributed by atoms with Crippen molar-refractivity contribution in [3.05, 3.63) is 29.5 Å². The lowest BCUT2D eigenvalue weighted by molar-refractivity contribution is 0.414. The Morgan fingerprint density at radius 2 is 2.00 bits per heavy atom. The fourth-order valence-electron chi connectivity index (χ4n) is 2.14. The summed E-state index contributed by atoms with van der Waals surface area (Å²) in [6, 6.07) is 2.02. The van der Waals surface area contributed by atoms with Crippen molar-refractivity contribution < 1.29 is 9.15 Å². The summed E-state index contributed by atoms with van der Waals surface area (Å²) in [4.78, 5) is 8.19. The van der Waals surface area contributed by atoms with Crippen molar-refractivity contribution >= 4 is 11.6 Å². The van der Waals surface area contributed by atoms with Crippen molar-refractivity contribution in [3.8, 4) is 5.75 Å². The third-order valence-electron chi connectivity index (χ3n) is 3.04. The maximum absolute atomic E-state index is 5.54. The first kappa shape index (κ1) is 14.1. The summed E-state index contributed by atoms with van der Waals surface area (Å²) in [6.45, 7) is 5.88. The second-order valence-electron chi connectivity index (χ2n) is 4.48. The third-order valence-corrected chi connectivity index (χ3v) is 3.04. The van der Waals surface area contributed by atoms with Crippen LogP contribution in [0.5, 0.6) is 5.75 Å². The molecule has 1 unspecified atom stereocenters. The normalized spacial score (nSPS) is 12.1. The molecule has 2 aromatic heterocycles. The van der Waals surface area contributed by atoms with Crippen molar-refractivity contribution in [2.24, 2.45) is 5.84 Å². The van der Waals surface area contributed by atoms with Crippen LogP contribution >= 0.6 is 0 Å². The van der Waals surface area contributed by atoms with Gasteiger partial charge in [0.25, 0.3) is 0 Å². The van der Waals surface area contributed by atoms with E-state index in [9.17, 15) is 0 Å². The van der Waals surface area contributed by atoms with Gasteiger partial charge in [0.2, 0.25) is 5.75 Å². The lowest BCUT2D eigenvalue weighted by atomic mass is 10.1. The minimum absolute atomic E-state index is 0.0156. The molecule has 20 heavy (non-hydrogen) atoms. The lowest BCUT2D eigenvalue weighted by Crippen LogP contribution is -2.14. The second-order valence-corrected chi connectivity index (χ2v) is 4.48. The van der Waals surface area contributed by atoms with Crippen LogP contribution in [0.3, 0.4) is 0 Å². The summed E-state index contributed by atoms with van der Waals surface area (Å²) in [5.41, 5.74) is 3.56. The summed E-state index contributed by atoms with van der Waals surface area (Å²) in [7, 11) is 1.54. The number of rotatable bonds is 5. The minimum atomic E-state index is 0.0156. The van der Waals surface area contributed by atoms with Gasteiger partial charge in [0.05, 0.1) is 13.2 Å². The average Bonchev–Trinajstić information content (AvgIpc) is 2.77. The molecule has 0 aliphatic carbocycles. The molecule has 0 fully saturated rings. The zero-order valence-electron chi connectivity index (χ0n) is 12.0. The van der Waals surface area contributed by atoms with Gasteiger partial charge in [-0.3, -0.25) is 0 Å². The molecule has 108 valence electrons. The number of nitrogens with two attached hydrogens (primary N) is 1. The van der Waals surface area contributed by atoms with Gasteiger partial charge in [-0.2, -0.15) is 0 Å². The quantitative estimate of drug-likeness (QED) is 0.569. The number of methoxy groups -OCH3 is 1. The van der Waals surface area contributed by atoms with Crippen molar-refractivity contribution in [3.63, 3.8) is 0 Å². The summed E-state index contributed by atoms with van der Waals surface area (Å²) in [5, 5.41) is 3.27. The lowest BCUT2D eigenvalue weighted by Gasteiger charge is -2.17. The molecule has 7 nitrogen and oxygen atoms in total. The van der Waals surface area contributed by atoms with Crippen molar-refractivity contribution in [1.82, 2.24) is 9.97 Å². The highest BCUT2D eigenvalue weighted by atomic mass is 16.5. The average molecular weight is 277 g/mol. The number of nitrogens with one attached hydrogen (secondary N) is 2. The Morgan fingerprint density at radius 1 is 1.30 bits per heavy atom. The molecule has 2 heterocycles. The van der Waals surface area contributed by atoms with Crippen LogP contribution in [0.1, 0.15) is 30.0 Å². The number of nitrogen functional groups attached to an aromatic ring is 1. The van der Waals surface area contributed by atoms with E-state index >= 15 is 0 Å². The first-order chi connectivity index (χ1) is 9.56. The highest BCUT2D eigenvalue weighted by Crippen LogP contribution is 2.32. The fraction of sp³-hybridized carbons (Fsp3) is 0.385. The largest absolute Gasteiger partial charge is 0.490 e. The first-order valence-corrected chi connectivity index (χ1v) is 6.25. The molecule has 7 heteroatoms. The number of nitrogens with zero attached hydrogens (tertiary/aromatic N) is 2. The molecule has 0 aliphatic rings. The molecule has 0 aliphatic heterocycles. The summed E-state index contributed by atoms with van der Waals surface area (Å²) in [6.07, 6.45) is 1.42. The molecule has 0 aromatic carbocycles. The Labute approximate surface area is 117 Å². The van der Waals surface area contributed by atoms with Gasteiger partial charge in [0.15, 0.2) is 11.6 Å². The van der Waals surface area contributed by atoms with E-state index in [2.05, 4.69) is 20.7 Å². The van der Waals surface area contributed by atoms with E-state index in [0.717, 1.165) is 17.1 Å². The highest BCUT2D eigenvalue weighted by molar-refractivity contribution is 5.63. The van der Waals surface area contributed by atoms with Gasteiger partial charge in [0, 0.05) is 5.56 Å². The summed E-state index contributed by atoms with van der Waals surface area (Å²) < 4.78 is 10.8. The number of aromatic nitrogens is 2. The van der Waals surface area contributed by atoms with Crippen LogP contribution in [-0.2, 0) is 0 Å².